The van der Waals surface area contributed by atoms with Crippen molar-refractivity contribution in [3.8, 4) is 0 Å². The summed E-state index contributed by atoms with van der Waals surface area (Å²) in [5.74, 6) is -0.846. The van der Waals surface area contributed by atoms with Gasteiger partial charge in [-0.15, -0.1) is 11.3 Å². The van der Waals surface area contributed by atoms with E-state index in [0.717, 1.165) is 4.88 Å². The average molecular weight is 225 g/mol. The molecule has 1 heterocycles. The molecule has 1 aromatic heterocycles. The van der Waals surface area contributed by atoms with Crippen LogP contribution >= 0.6 is 11.3 Å². The Morgan fingerprint density at radius 2 is 2.00 bits per heavy atom. The van der Waals surface area contributed by atoms with E-state index in [1.807, 2.05) is 6.92 Å². The van der Waals surface area contributed by atoms with Crippen LogP contribution in [0.4, 0.5) is 0 Å². The van der Waals surface area contributed by atoms with Crippen LogP contribution in [0, 0.1) is 13.8 Å². The molecule has 0 fully saturated rings. The first-order valence-corrected chi connectivity index (χ1v) is 5.55. The van der Waals surface area contributed by atoms with E-state index in [0.29, 0.717) is 6.54 Å². The number of carbonyl (C=O) groups excluding carboxylic acids is 2. The molecule has 0 aliphatic heterocycles. The summed E-state index contributed by atoms with van der Waals surface area (Å²) in [6.45, 7) is 5.90. The Morgan fingerprint density at radius 3 is 2.40 bits per heavy atom. The summed E-state index contributed by atoms with van der Waals surface area (Å²) in [4.78, 5) is 26.0. The van der Waals surface area contributed by atoms with Crippen LogP contribution in [0.3, 0.4) is 0 Å². The highest BCUT2D eigenvalue weighted by Gasteiger charge is 2.14. The molecule has 1 rings (SSSR count). The van der Waals surface area contributed by atoms with Crippen molar-refractivity contribution in [2.75, 3.05) is 7.05 Å². The molecule has 1 amide bonds. The van der Waals surface area contributed by atoms with Gasteiger partial charge in [0.2, 0.25) is 5.78 Å². The van der Waals surface area contributed by atoms with Crippen molar-refractivity contribution < 1.29 is 9.59 Å². The van der Waals surface area contributed by atoms with Crippen LogP contribution < -0.4 is 0 Å². The number of rotatable bonds is 3. The van der Waals surface area contributed by atoms with Crippen LogP contribution in [0.1, 0.15) is 22.2 Å². The molecule has 0 atom stereocenters. The highest BCUT2D eigenvalue weighted by molar-refractivity contribution is 7.12. The number of aryl methyl sites for hydroxylation is 2. The minimum atomic E-state index is -0.432. The largest absolute Gasteiger partial charge is 0.334 e. The molecule has 0 saturated carbocycles. The van der Waals surface area contributed by atoms with Crippen LogP contribution in [-0.2, 0) is 16.1 Å². The van der Waals surface area contributed by atoms with Crippen LogP contribution in [0.15, 0.2) is 6.07 Å². The molecule has 0 N–H and O–H groups in total. The zero-order valence-corrected chi connectivity index (χ0v) is 10.3. The van der Waals surface area contributed by atoms with E-state index in [1.165, 1.54) is 22.3 Å². The van der Waals surface area contributed by atoms with Crippen molar-refractivity contribution in [1.29, 1.82) is 0 Å². The number of nitrogens with zero attached hydrogens (tertiary/aromatic N) is 1. The van der Waals surface area contributed by atoms with Gasteiger partial charge in [0, 0.05) is 23.7 Å². The fourth-order valence-corrected chi connectivity index (χ4v) is 2.41. The molecule has 0 bridgehead atoms. The summed E-state index contributed by atoms with van der Waals surface area (Å²) in [5.41, 5.74) is 1.23. The molecule has 0 unspecified atom stereocenters. The Labute approximate surface area is 93.7 Å². The number of likely N-dealkylation sites (N-methyl/N-ethyl adjacent to an activating group) is 1. The van der Waals surface area contributed by atoms with Crippen molar-refractivity contribution in [2.45, 2.75) is 27.3 Å². The molecular weight excluding hydrogens is 210 g/mol. The topological polar surface area (TPSA) is 37.4 Å². The van der Waals surface area contributed by atoms with E-state index in [1.54, 1.807) is 18.4 Å². The standard InChI is InChI=1S/C11H15NO2S/c1-7-5-10(15-9(7)3)6-12(4)11(14)8(2)13/h5H,6H2,1-4H3. The third-order valence-corrected chi connectivity index (χ3v) is 3.40. The summed E-state index contributed by atoms with van der Waals surface area (Å²) in [7, 11) is 1.65. The lowest BCUT2D eigenvalue weighted by Gasteiger charge is -2.13. The van der Waals surface area contributed by atoms with Gasteiger partial charge in [-0.25, -0.2) is 0 Å². The monoisotopic (exact) mass is 225 g/mol. The molecule has 0 radical (unpaired) electrons. The van der Waals surface area contributed by atoms with Gasteiger partial charge >= 0.3 is 0 Å². The van der Waals surface area contributed by atoms with E-state index >= 15 is 0 Å². The van der Waals surface area contributed by atoms with Crippen LogP contribution in [0.2, 0.25) is 0 Å². The van der Waals surface area contributed by atoms with Gasteiger partial charge in [-0.1, -0.05) is 0 Å². The van der Waals surface area contributed by atoms with Crippen molar-refractivity contribution in [3.63, 3.8) is 0 Å². The normalized spacial score (nSPS) is 10.1. The van der Waals surface area contributed by atoms with Crippen molar-refractivity contribution >= 4 is 23.0 Å². The summed E-state index contributed by atoms with van der Waals surface area (Å²) < 4.78 is 0. The summed E-state index contributed by atoms with van der Waals surface area (Å²) in [6.07, 6.45) is 0. The zero-order chi connectivity index (χ0) is 11.6. The third-order valence-electron chi connectivity index (χ3n) is 2.26. The molecule has 0 aromatic carbocycles. The highest BCUT2D eigenvalue weighted by atomic mass is 32.1. The minimum Gasteiger partial charge on any atom is -0.334 e. The fourth-order valence-electron chi connectivity index (χ4n) is 1.30. The lowest BCUT2D eigenvalue weighted by atomic mass is 10.3. The lowest BCUT2D eigenvalue weighted by molar-refractivity contribution is -0.143. The fraction of sp³-hybridized carbons (Fsp3) is 0.455. The Morgan fingerprint density at radius 1 is 1.40 bits per heavy atom. The summed E-state index contributed by atoms with van der Waals surface area (Å²) in [5, 5.41) is 0. The second-order valence-corrected chi connectivity index (χ2v) is 5.01. The van der Waals surface area contributed by atoms with Crippen molar-refractivity contribution in [2.24, 2.45) is 0 Å². The molecule has 15 heavy (non-hydrogen) atoms. The zero-order valence-electron chi connectivity index (χ0n) is 9.46. The second kappa shape index (κ2) is 4.57. The van der Waals surface area contributed by atoms with Gasteiger partial charge in [0.1, 0.15) is 0 Å². The summed E-state index contributed by atoms with van der Waals surface area (Å²) in [6, 6.07) is 2.06. The Kier molecular flexibility index (Phi) is 3.63. The molecule has 0 spiro atoms. The minimum absolute atomic E-state index is 0.414. The molecule has 0 saturated heterocycles. The van der Waals surface area contributed by atoms with E-state index in [4.69, 9.17) is 0 Å². The molecular formula is C11H15NO2S. The van der Waals surface area contributed by atoms with Gasteiger partial charge < -0.3 is 4.90 Å². The maximum atomic E-state index is 11.3. The summed E-state index contributed by atoms with van der Waals surface area (Å²) >= 11 is 1.67. The lowest BCUT2D eigenvalue weighted by Crippen LogP contribution is -2.30. The van der Waals surface area contributed by atoms with Crippen molar-refractivity contribution in [3.05, 3.63) is 21.4 Å². The molecule has 82 valence electrons. The molecule has 1 aromatic rings. The Hall–Kier alpha value is -1.16. The van der Waals surface area contributed by atoms with E-state index in [-0.39, 0.29) is 0 Å². The molecule has 0 aliphatic carbocycles. The van der Waals surface area contributed by atoms with Gasteiger partial charge in [0.15, 0.2) is 0 Å². The first-order valence-electron chi connectivity index (χ1n) is 4.73. The van der Waals surface area contributed by atoms with Crippen LogP contribution in [0.5, 0.6) is 0 Å². The molecule has 4 heteroatoms. The first kappa shape index (κ1) is 11.9. The number of hydrogen-bond acceptors (Lipinski definition) is 3. The maximum Gasteiger partial charge on any atom is 0.289 e. The Balaban J connectivity index is 2.70. The SMILES string of the molecule is CC(=O)C(=O)N(C)Cc1cc(C)c(C)s1. The number of hydrogen-bond donors (Lipinski definition) is 0. The van der Waals surface area contributed by atoms with Gasteiger partial charge in [-0.2, -0.15) is 0 Å². The smallest absolute Gasteiger partial charge is 0.289 e. The second-order valence-electron chi connectivity index (χ2n) is 3.67. The molecule has 3 nitrogen and oxygen atoms in total. The Bertz CT molecular complexity index is 376. The third kappa shape index (κ3) is 2.89. The van der Waals surface area contributed by atoms with Crippen molar-refractivity contribution in [1.82, 2.24) is 4.90 Å². The number of amides is 1. The average Bonchev–Trinajstić information content (AvgIpc) is 2.44. The first-order chi connectivity index (χ1) is 6.91. The predicted molar refractivity (Wildman–Crippen MR) is 60.9 cm³/mol. The van der Waals surface area contributed by atoms with Gasteiger partial charge in [0.25, 0.3) is 5.91 Å². The number of Topliss-reactive ketones (excluding diaryl/α,β-unsaturated/α-hetero) is 1. The van der Waals surface area contributed by atoms with Gasteiger partial charge in [-0.05, 0) is 25.5 Å². The van der Waals surface area contributed by atoms with E-state index in [2.05, 4.69) is 13.0 Å². The van der Waals surface area contributed by atoms with Gasteiger partial charge in [-0.3, -0.25) is 9.59 Å². The van der Waals surface area contributed by atoms with Gasteiger partial charge in [0.05, 0.1) is 6.54 Å². The highest BCUT2D eigenvalue weighted by Crippen LogP contribution is 2.21. The quantitative estimate of drug-likeness (QED) is 0.737. The molecule has 0 aliphatic rings. The van der Waals surface area contributed by atoms with E-state index in [9.17, 15) is 9.59 Å². The maximum absolute atomic E-state index is 11.3. The predicted octanol–water partition coefficient (Wildman–Crippen LogP) is 1.91. The number of carbonyl (C=O) groups is 2. The van der Waals surface area contributed by atoms with Crippen LogP contribution in [0.25, 0.3) is 0 Å². The van der Waals surface area contributed by atoms with Crippen LogP contribution in [-0.4, -0.2) is 23.6 Å². The number of ketones is 1. The number of thiophene rings is 1. The van der Waals surface area contributed by atoms with E-state index < -0.39 is 11.7 Å².